The maximum atomic E-state index is 4.20. The lowest BCUT2D eigenvalue weighted by Gasteiger charge is -2.06. The van der Waals surface area contributed by atoms with Crippen molar-refractivity contribution in [2.75, 3.05) is 0 Å². The monoisotopic (exact) mass is 139 g/mol. The molecule has 0 spiro atoms. The van der Waals surface area contributed by atoms with Crippen LogP contribution < -0.4 is 0 Å². The second-order valence-electron chi connectivity index (χ2n) is 2.81. The van der Waals surface area contributed by atoms with Crippen molar-refractivity contribution in [1.82, 2.24) is 0 Å². The summed E-state index contributed by atoms with van der Waals surface area (Å²) in [6.45, 7) is 10.5. The average molecular weight is 139 g/mol. The molecule has 58 valence electrons. The van der Waals surface area contributed by atoms with Crippen LogP contribution in [-0.2, 0) is 0 Å². The number of aliphatic imine (C=N–C) groups is 1. The average Bonchev–Trinajstić information content (AvgIpc) is 1.87. The van der Waals surface area contributed by atoms with E-state index in [2.05, 4.69) is 32.7 Å². The third kappa shape index (κ3) is 2.81. The van der Waals surface area contributed by atoms with Crippen molar-refractivity contribution < 1.29 is 0 Å². The summed E-state index contributed by atoms with van der Waals surface area (Å²) in [5.74, 6) is 0.615. The number of hydrogen-bond donors (Lipinski definition) is 0. The fourth-order valence-corrected chi connectivity index (χ4v) is 0.713. The molecule has 0 radical (unpaired) electrons. The molecule has 10 heavy (non-hydrogen) atoms. The van der Waals surface area contributed by atoms with Gasteiger partial charge >= 0.3 is 0 Å². The molecular formula is C9H17N. The lowest BCUT2D eigenvalue weighted by atomic mass is 10.0. The summed E-state index contributed by atoms with van der Waals surface area (Å²) in [4.78, 5) is 4.20. The maximum Gasteiger partial charge on any atom is 0.0360 e. The molecule has 0 atom stereocenters. The fourth-order valence-electron chi connectivity index (χ4n) is 0.713. The highest BCUT2D eigenvalue weighted by atomic mass is 14.7. The van der Waals surface area contributed by atoms with Gasteiger partial charge in [0.15, 0.2) is 0 Å². The molecule has 0 saturated heterocycles. The highest BCUT2D eigenvalue weighted by Gasteiger charge is 1.98. The Morgan fingerprint density at radius 2 is 1.80 bits per heavy atom. The van der Waals surface area contributed by atoms with Gasteiger partial charge in [-0.25, -0.2) is 0 Å². The number of hydrogen-bond acceptors (Lipinski definition) is 1. The van der Waals surface area contributed by atoms with E-state index in [4.69, 9.17) is 0 Å². The van der Waals surface area contributed by atoms with E-state index in [1.165, 1.54) is 5.57 Å². The zero-order valence-electron chi connectivity index (χ0n) is 7.60. The second-order valence-corrected chi connectivity index (χ2v) is 2.81. The third-order valence-corrected chi connectivity index (χ3v) is 1.76. The van der Waals surface area contributed by atoms with Crippen LogP contribution in [0.25, 0.3) is 0 Å². The van der Waals surface area contributed by atoms with E-state index in [1.807, 2.05) is 13.1 Å². The number of rotatable bonds is 2. The Hall–Kier alpha value is -0.590. The van der Waals surface area contributed by atoms with Crippen LogP contribution in [0.2, 0.25) is 0 Å². The highest BCUT2D eigenvalue weighted by molar-refractivity contribution is 5.55. The molecule has 0 aliphatic carbocycles. The predicted octanol–water partition coefficient (Wildman–Crippen LogP) is 3.03. The third-order valence-electron chi connectivity index (χ3n) is 1.76. The Morgan fingerprint density at radius 1 is 1.30 bits per heavy atom. The summed E-state index contributed by atoms with van der Waals surface area (Å²) >= 11 is 0. The van der Waals surface area contributed by atoms with E-state index in [1.54, 1.807) is 0 Å². The molecule has 0 heterocycles. The first-order chi connectivity index (χ1) is 4.59. The van der Waals surface area contributed by atoms with E-state index in [9.17, 15) is 0 Å². The minimum Gasteiger partial charge on any atom is -0.266 e. The molecule has 0 unspecified atom stereocenters. The first-order valence-corrected chi connectivity index (χ1v) is 3.75. The maximum absolute atomic E-state index is 4.20. The van der Waals surface area contributed by atoms with Gasteiger partial charge in [-0.05, 0) is 32.3 Å². The van der Waals surface area contributed by atoms with Crippen molar-refractivity contribution in [3.05, 3.63) is 11.3 Å². The van der Waals surface area contributed by atoms with E-state index in [0.29, 0.717) is 5.92 Å². The van der Waals surface area contributed by atoms with Gasteiger partial charge in [-0.3, -0.25) is 4.99 Å². The number of nitrogens with zero attached hydrogens (tertiary/aromatic N) is 1. The van der Waals surface area contributed by atoms with Crippen LogP contribution in [0.5, 0.6) is 0 Å². The Labute approximate surface area is 63.9 Å². The molecule has 0 aromatic rings. The van der Waals surface area contributed by atoms with Gasteiger partial charge < -0.3 is 0 Å². The summed E-state index contributed by atoms with van der Waals surface area (Å²) in [7, 11) is 0. The summed E-state index contributed by atoms with van der Waals surface area (Å²) in [5, 5.41) is 0. The minimum atomic E-state index is 0.615. The molecule has 0 aliphatic heterocycles. The van der Waals surface area contributed by atoms with Crippen LogP contribution in [0.15, 0.2) is 16.3 Å². The largest absolute Gasteiger partial charge is 0.266 e. The SMILES string of the molecule is CC=N/C(C)=C(\C)C(C)C. The zero-order chi connectivity index (χ0) is 8.15. The van der Waals surface area contributed by atoms with Crippen LogP contribution >= 0.6 is 0 Å². The smallest absolute Gasteiger partial charge is 0.0360 e. The van der Waals surface area contributed by atoms with Crippen LogP contribution in [0.4, 0.5) is 0 Å². The molecule has 0 aromatic carbocycles. The molecule has 0 saturated carbocycles. The molecule has 0 fully saturated rings. The van der Waals surface area contributed by atoms with Crippen molar-refractivity contribution >= 4 is 6.21 Å². The summed E-state index contributed by atoms with van der Waals surface area (Å²) in [6.07, 6.45) is 1.83. The van der Waals surface area contributed by atoms with Crippen molar-refractivity contribution in [2.24, 2.45) is 10.9 Å². The highest BCUT2D eigenvalue weighted by Crippen LogP contribution is 2.13. The minimum absolute atomic E-state index is 0.615. The van der Waals surface area contributed by atoms with Crippen LogP contribution in [-0.4, -0.2) is 6.21 Å². The quantitative estimate of drug-likeness (QED) is 0.521. The summed E-state index contributed by atoms with van der Waals surface area (Å²) < 4.78 is 0. The Balaban J connectivity index is 4.34. The standard InChI is InChI=1S/C9H17N/c1-6-10-9(5)8(4)7(2)3/h6-7H,1-5H3/b9-8+,10-6?. The van der Waals surface area contributed by atoms with Crippen LogP contribution in [0.3, 0.4) is 0 Å². The molecule has 0 bridgehead atoms. The van der Waals surface area contributed by atoms with Crippen molar-refractivity contribution in [2.45, 2.75) is 34.6 Å². The number of allylic oxidation sites excluding steroid dienone is 2. The molecule has 0 aliphatic rings. The lowest BCUT2D eigenvalue weighted by molar-refractivity contribution is 0.754. The normalized spacial score (nSPS) is 14.6. The van der Waals surface area contributed by atoms with Gasteiger partial charge in [-0.2, -0.15) is 0 Å². The van der Waals surface area contributed by atoms with E-state index >= 15 is 0 Å². The van der Waals surface area contributed by atoms with Gasteiger partial charge in [0.25, 0.3) is 0 Å². The zero-order valence-corrected chi connectivity index (χ0v) is 7.60. The van der Waals surface area contributed by atoms with Crippen molar-refractivity contribution in [3.63, 3.8) is 0 Å². The van der Waals surface area contributed by atoms with Crippen LogP contribution in [0.1, 0.15) is 34.6 Å². The Bertz CT molecular complexity index is 152. The van der Waals surface area contributed by atoms with Gasteiger partial charge in [0.2, 0.25) is 0 Å². The summed E-state index contributed by atoms with van der Waals surface area (Å²) in [6, 6.07) is 0. The van der Waals surface area contributed by atoms with Gasteiger partial charge in [-0.15, -0.1) is 0 Å². The lowest BCUT2D eigenvalue weighted by Crippen LogP contribution is -1.91. The van der Waals surface area contributed by atoms with Gasteiger partial charge in [0.05, 0.1) is 0 Å². The molecule has 0 aromatic heterocycles. The molecule has 1 nitrogen and oxygen atoms in total. The van der Waals surface area contributed by atoms with Gasteiger partial charge in [0, 0.05) is 11.9 Å². The van der Waals surface area contributed by atoms with Gasteiger partial charge in [-0.1, -0.05) is 13.8 Å². The Morgan fingerprint density at radius 3 is 2.10 bits per heavy atom. The first kappa shape index (κ1) is 9.41. The fraction of sp³-hybridized carbons (Fsp3) is 0.667. The van der Waals surface area contributed by atoms with Crippen molar-refractivity contribution in [1.29, 1.82) is 0 Å². The Kier molecular flexibility index (Phi) is 4.01. The van der Waals surface area contributed by atoms with E-state index < -0.39 is 0 Å². The molecule has 0 N–H and O–H groups in total. The van der Waals surface area contributed by atoms with E-state index in [-0.39, 0.29) is 0 Å². The first-order valence-electron chi connectivity index (χ1n) is 3.75. The molecular weight excluding hydrogens is 122 g/mol. The summed E-state index contributed by atoms with van der Waals surface area (Å²) in [5.41, 5.74) is 2.52. The predicted molar refractivity (Wildman–Crippen MR) is 47.4 cm³/mol. The molecule has 0 amide bonds. The van der Waals surface area contributed by atoms with Crippen molar-refractivity contribution in [3.8, 4) is 0 Å². The van der Waals surface area contributed by atoms with E-state index in [0.717, 1.165) is 5.70 Å². The molecule has 0 rings (SSSR count). The topological polar surface area (TPSA) is 12.4 Å². The van der Waals surface area contributed by atoms with Crippen LogP contribution in [0, 0.1) is 5.92 Å². The molecule has 1 heteroatoms. The van der Waals surface area contributed by atoms with Gasteiger partial charge in [0.1, 0.15) is 0 Å². The second kappa shape index (κ2) is 4.26.